The van der Waals surface area contributed by atoms with Crippen LogP contribution in [-0.2, 0) is 0 Å². The van der Waals surface area contributed by atoms with Crippen LogP contribution in [0.2, 0.25) is 0 Å². The third-order valence-corrected chi connectivity index (χ3v) is 5.91. The zero-order valence-electron chi connectivity index (χ0n) is 12.7. The molecule has 1 atom stereocenters. The summed E-state index contributed by atoms with van der Waals surface area (Å²) in [5.41, 5.74) is 0.648. The molecule has 0 saturated carbocycles. The second-order valence-corrected chi connectivity index (χ2v) is 7.43. The van der Waals surface area contributed by atoms with Gasteiger partial charge in [-0.25, -0.2) is 4.98 Å². The van der Waals surface area contributed by atoms with E-state index < -0.39 is 6.04 Å². The average Bonchev–Trinajstić information content (AvgIpc) is 3.36. The number of hydrogen-bond acceptors (Lipinski definition) is 6. The molecule has 0 saturated heterocycles. The smallest absolute Gasteiger partial charge is 0.297 e. The zero-order valence-corrected chi connectivity index (χ0v) is 14.3. The van der Waals surface area contributed by atoms with Crippen molar-refractivity contribution in [1.29, 1.82) is 0 Å². The van der Waals surface area contributed by atoms with Gasteiger partial charge in [0.25, 0.3) is 5.91 Å². The number of thiazole rings is 1. The molecule has 25 heavy (non-hydrogen) atoms. The van der Waals surface area contributed by atoms with Crippen LogP contribution in [0, 0.1) is 0 Å². The van der Waals surface area contributed by atoms with Gasteiger partial charge in [0.05, 0.1) is 10.9 Å². The predicted octanol–water partition coefficient (Wildman–Crippen LogP) is 4.06. The molecule has 0 aliphatic carbocycles. The topological polar surface area (TPSA) is 63.4 Å². The molecule has 122 valence electrons. The van der Waals surface area contributed by atoms with Gasteiger partial charge < -0.3 is 4.42 Å². The molecule has 0 unspecified atom stereocenters. The van der Waals surface area contributed by atoms with E-state index in [1.165, 1.54) is 22.7 Å². The second-order valence-electron chi connectivity index (χ2n) is 5.58. The van der Waals surface area contributed by atoms with Crippen molar-refractivity contribution in [3.05, 3.63) is 79.8 Å². The van der Waals surface area contributed by atoms with Crippen molar-refractivity contribution in [3.8, 4) is 0 Å². The Morgan fingerprint density at radius 1 is 1.04 bits per heavy atom. The zero-order chi connectivity index (χ0) is 17.0. The quantitative estimate of drug-likeness (QED) is 0.537. The minimum Gasteiger partial charge on any atom is -0.450 e. The van der Waals surface area contributed by atoms with Crippen molar-refractivity contribution in [1.82, 2.24) is 4.98 Å². The molecule has 0 bridgehead atoms. The van der Waals surface area contributed by atoms with E-state index in [0.29, 0.717) is 21.7 Å². The summed E-state index contributed by atoms with van der Waals surface area (Å²) in [4.78, 5) is 32.9. The summed E-state index contributed by atoms with van der Waals surface area (Å²) in [6.45, 7) is 0. The Bertz CT molecular complexity index is 1150. The summed E-state index contributed by atoms with van der Waals surface area (Å²) < 4.78 is 5.84. The predicted molar refractivity (Wildman–Crippen MR) is 97.6 cm³/mol. The minimum atomic E-state index is -0.505. The third-order valence-electron chi connectivity index (χ3n) is 4.22. The number of nitrogens with zero attached hydrogens (tertiary/aromatic N) is 2. The summed E-state index contributed by atoms with van der Waals surface area (Å²) in [6, 6.07) is 10.3. The van der Waals surface area contributed by atoms with E-state index in [-0.39, 0.29) is 17.1 Å². The lowest BCUT2D eigenvalue weighted by Gasteiger charge is -2.20. The maximum Gasteiger partial charge on any atom is 0.297 e. The van der Waals surface area contributed by atoms with Gasteiger partial charge in [0.15, 0.2) is 10.6 Å². The van der Waals surface area contributed by atoms with Crippen molar-refractivity contribution in [2.24, 2.45) is 0 Å². The Balaban J connectivity index is 1.85. The molecule has 3 aromatic heterocycles. The van der Waals surface area contributed by atoms with Gasteiger partial charge in [0, 0.05) is 16.5 Å². The van der Waals surface area contributed by atoms with Gasteiger partial charge in [-0.3, -0.25) is 14.5 Å². The van der Waals surface area contributed by atoms with Gasteiger partial charge in [-0.05, 0) is 23.6 Å². The van der Waals surface area contributed by atoms with Crippen LogP contribution in [0.4, 0.5) is 5.13 Å². The van der Waals surface area contributed by atoms with E-state index in [4.69, 9.17) is 4.42 Å². The van der Waals surface area contributed by atoms with Crippen molar-refractivity contribution in [2.75, 3.05) is 4.90 Å². The molecule has 5 rings (SSSR count). The Labute approximate surface area is 149 Å². The maximum absolute atomic E-state index is 13.1. The number of benzene rings is 1. The highest BCUT2D eigenvalue weighted by molar-refractivity contribution is 7.14. The van der Waals surface area contributed by atoms with Crippen LogP contribution >= 0.6 is 22.7 Å². The van der Waals surface area contributed by atoms with Crippen LogP contribution < -0.4 is 10.3 Å². The lowest BCUT2D eigenvalue weighted by Crippen LogP contribution is -2.28. The maximum atomic E-state index is 13.1. The van der Waals surface area contributed by atoms with Crippen LogP contribution in [0.3, 0.4) is 0 Å². The number of fused-ring (bicyclic) bond motifs is 2. The number of hydrogen-bond donors (Lipinski definition) is 0. The number of carbonyl (C=O) groups excluding carboxylic acids is 1. The molecule has 0 radical (unpaired) electrons. The highest BCUT2D eigenvalue weighted by Crippen LogP contribution is 2.42. The molecule has 1 amide bonds. The lowest BCUT2D eigenvalue weighted by molar-refractivity contribution is 0.0971. The normalized spacial score (nSPS) is 16.6. The third kappa shape index (κ3) is 2.03. The molecule has 1 aromatic carbocycles. The molecular weight excluding hydrogens is 356 g/mol. The van der Waals surface area contributed by atoms with Gasteiger partial charge >= 0.3 is 0 Å². The Morgan fingerprint density at radius 3 is 2.68 bits per heavy atom. The first-order valence-corrected chi connectivity index (χ1v) is 9.34. The molecule has 1 aliphatic rings. The van der Waals surface area contributed by atoms with Crippen molar-refractivity contribution in [3.63, 3.8) is 0 Å². The molecule has 0 N–H and O–H groups in total. The van der Waals surface area contributed by atoms with Crippen LogP contribution in [-0.4, -0.2) is 10.9 Å². The first-order valence-electron chi connectivity index (χ1n) is 7.58. The van der Waals surface area contributed by atoms with Crippen LogP contribution in [0.25, 0.3) is 11.0 Å². The second kappa shape index (κ2) is 5.37. The van der Waals surface area contributed by atoms with Crippen LogP contribution in [0.15, 0.2) is 62.6 Å². The number of para-hydroxylation sites is 1. The van der Waals surface area contributed by atoms with Gasteiger partial charge in [-0.1, -0.05) is 18.2 Å². The molecule has 0 fully saturated rings. The first kappa shape index (κ1) is 14.6. The highest BCUT2D eigenvalue weighted by atomic mass is 32.1. The largest absolute Gasteiger partial charge is 0.450 e. The number of anilines is 1. The van der Waals surface area contributed by atoms with Gasteiger partial charge in [0.1, 0.15) is 11.6 Å². The average molecular weight is 366 g/mol. The Hall–Kier alpha value is -2.77. The number of thiophene rings is 1. The molecule has 4 heterocycles. The molecule has 4 aromatic rings. The fourth-order valence-corrected chi connectivity index (χ4v) is 4.66. The van der Waals surface area contributed by atoms with E-state index in [1.54, 1.807) is 35.4 Å². The molecule has 5 nitrogen and oxygen atoms in total. The monoisotopic (exact) mass is 366 g/mol. The van der Waals surface area contributed by atoms with E-state index >= 15 is 0 Å². The highest BCUT2D eigenvalue weighted by Gasteiger charge is 2.45. The first-order chi connectivity index (χ1) is 12.3. The SMILES string of the molecule is O=C1c2oc3ccccc3c(=O)c2[C@H](c2cccs2)N1c1nccs1. The van der Waals surface area contributed by atoms with E-state index in [9.17, 15) is 9.59 Å². The van der Waals surface area contributed by atoms with Crippen molar-refractivity contribution < 1.29 is 9.21 Å². The van der Waals surface area contributed by atoms with Gasteiger partial charge in [-0.2, -0.15) is 0 Å². The Kier molecular flexibility index (Phi) is 3.13. The van der Waals surface area contributed by atoms with Gasteiger partial charge in [-0.15, -0.1) is 22.7 Å². The van der Waals surface area contributed by atoms with E-state index in [2.05, 4.69) is 4.98 Å². The molecule has 7 heteroatoms. The van der Waals surface area contributed by atoms with Crippen molar-refractivity contribution in [2.45, 2.75) is 6.04 Å². The summed E-state index contributed by atoms with van der Waals surface area (Å²) in [7, 11) is 0. The number of carbonyl (C=O) groups is 1. The Morgan fingerprint density at radius 2 is 1.92 bits per heavy atom. The van der Waals surface area contributed by atoms with E-state index in [0.717, 1.165) is 4.88 Å². The van der Waals surface area contributed by atoms with Crippen molar-refractivity contribution >= 4 is 44.7 Å². The summed E-state index contributed by atoms with van der Waals surface area (Å²) in [5.74, 6) is -0.219. The lowest BCUT2D eigenvalue weighted by atomic mass is 10.0. The fourth-order valence-electron chi connectivity index (χ4n) is 3.17. The summed E-state index contributed by atoms with van der Waals surface area (Å²) in [5, 5.41) is 4.78. The standard InChI is InChI=1S/C18H10N2O3S2/c21-15-10-4-1-2-5-11(10)23-16-13(15)14(12-6-3-8-24-12)20(17(16)22)18-19-7-9-25-18/h1-9,14H/t14-/m0/s1. The number of amides is 1. The van der Waals surface area contributed by atoms with Gasteiger partial charge in [0.2, 0.25) is 5.76 Å². The number of rotatable bonds is 2. The molecular formula is C18H10N2O3S2. The number of aromatic nitrogens is 1. The van der Waals surface area contributed by atoms with Crippen LogP contribution in [0.1, 0.15) is 27.0 Å². The van der Waals surface area contributed by atoms with E-state index in [1.807, 2.05) is 22.9 Å². The molecule has 0 spiro atoms. The fraction of sp³-hybridized carbons (Fsp3) is 0.0556. The summed E-state index contributed by atoms with van der Waals surface area (Å²) in [6.07, 6.45) is 1.65. The molecule has 1 aliphatic heterocycles. The van der Waals surface area contributed by atoms with Crippen LogP contribution in [0.5, 0.6) is 0 Å². The minimum absolute atomic E-state index is 0.109. The summed E-state index contributed by atoms with van der Waals surface area (Å²) >= 11 is 2.86.